The molecule has 0 aliphatic carbocycles. The molecule has 0 N–H and O–H groups in total. The molecule has 4 rings (SSSR count). The zero-order valence-electron chi connectivity index (χ0n) is 14.3. The van der Waals surface area contributed by atoms with E-state index in [9.17, 15) is 13.2 Å². The number of rotatable bonds is 3. The van der Waals surface area contributed by atoms with Gasteiger partial charge in [0, 0.05) is 33.2 Å². The minimum Gasteiger partial charge on any atom is -0.311 e. The molecule has 0 fully saturated rings. The lowest BCUT2D eigenvalue weighted by molar-refractivity contribution is -0.137. The minimum atomic E-state index is -4.45. The number of pyridine rings is 1. The normalized spacial score (nSPS) is 12.4. The first-order valence-corrected chi connectivity index (χ1v) is 10.2. The van der Waals surface area contributed by atoms with Gasteiger partial charge in [-0.2, -0.15) is 13.2 Å². The summed E-state index contributed by atoms with van der Waals surface area (Å²) in [4.78, 5) is 10.4. The summed E-state index contributed by atoms with van der Waals surface area (Å²) in [5, 5.41) is 1.68. The Morgan fingerprint density at radius 3 is 2.74 bits per heavy atom. The van der Waals surface area contributed by atoms with Crippen molar-refractivity contribution in [2.24, 2.45) is 7.05 Å². The van der Waals surface area contributed by atoms with Crippen LogP contribution in [0.4, 0.5) is 13.2 Å². The molecule has 0 amide bonds. The molecule has 0 unspecified atom stereocenters. The van der Waals surface area contributed by atoms with Crippen molar-refractivity contribution in [3.05, 3.63) is 41.0 Å². The van der Waals surface area contributed by atoms with E-state index < -0.39 is 11.7 Å². The van der Waals surface area contributed by atoms with Crippen molar-refractivity contribution in [3.63, 3.8) is 0 Å². The number of nitrogens with zero attached hydrogens (tertiary/aromatic N) is 3. The summed E-state index contributed by atoms with van der Waals surface area (Å²) < 4.78 is 41.8. The summed E-state index contributed by atoms with van der Waals surface area (Å²) in [7, 11) is 1.77. The highest BCUT2D eigenvalue weighted by molar-refractivity contribution is 7.99. The van der Waals surface area contributed by atoms with Gasteiger partial charge in [-0.25, -0.2) is 9.97 Å². The highest BCUT2D eigenvalue weighted by Gasteiger charge is 2.32. The monoisotopic (exact) mass is 427 g/mol. The fourth-order valence-corrected chi connectivity index (χ4v) is 5.39. The first-order chi connectivity index (χ1) is 12.8. The summed E-state index contributed by atoms with van der Waals surface area (Å²) >= 11 is 9.38. The van der Waals surface area contributed by atoms with E-state index in [1.54, 1.807) is 34.7 Å². The molecule has 3 heterocycles. The number of fused-ring (bicyclic) bond motifs is 2. The average molecular weight is 428 g/mol. The third-order valence-electron chi connectivity index (χ3n) is 4.13. The molecular weight excluding hydrogens is 415 g/mol. The van der Waals surface area contributed by atoms with Crippen LogP contribution in [0.3, 0.4) is 0 Å². The van der Waals surface area contributed by atoms with Gasteiger partial charge >= 0.3 is 6.18 Å². The molecule has 27 heavy (non-hydrogen) atoms. The van der Waals surface area contributed by atoms with Crippen molar-refractivity contribution >= 4 is 55.9 Å². The Hall–Kier alpha value is -1.77. The Kier molecular flexibility index (Phi) is 4.60. The van der Waals surface area contributed by atoms with Crippen LogP contribution in [0.1, 0.15) is 12.5 Å². The fourth-order valence-electron chi connectivity index (χ4n) is 2.92. The quantitative estimate of drug-likeness (QED) is 0.343. The number of halogens is 4. The fraction of sp³-hybridized carbons (Fsp3) is 0.222. The molecule has 0 aliphatic heterocycles. The van der Waals surface area contributed by atoms with Gasteiger partial charge in [0.05, 0.1) is 10.4 Å². The Morgan fingerprint density at radius 2 is 2.04 bits per heavy atom. The summed E-state index contributed by atoms with van der Waals surface area (Å²) in [6.07, 6.45) is -3.60. The van der Waals surface area contributed by atoms with Crippen LogP contribution in [0.15, 0.2) is 35.4 Å². The predicted molar refractivity (Wildman–Crippen MR) is 106 cm³/mol. The summed E-state index contributed by atoms with van der Waals surface area (Å²) in [5.41, 5.74) is -0.155. The molecule has 140 valence electrons. The molecule has 0 atom stereocenters. The molecule has 3 aromatic heterocycles. The average Bonchev–Trinajstić information content (AvgIpc) is 3.12. The van der Waals surface area contributed by atoms with Gasteiger partial charge in [0.2, 0.25) is 0 Å². The van der Waals surface area contributed by atoms with Gasteiger partial charge in [0.1, 0.15) is 5.52 Å². The van der Waals surface area contributed by atoms with Gasteiger partial charge < -0.3 is 4.57 Å². The van der Waals surface area contributed by atoms with Crippen LogP contribution in [0.2, 0.25) is 5.02 Å². The van der Waals surface area contributed by atoms with Crippen LogP contribution in [0, 0.1) is 0 Å². The van der Waals surface area contributed by atoms with Gasteiger partial charge in [-0.05, 0) is 30.0 Å². The smallest absolute Gasteiger partial charge is 0.311 e. The maximum absolute atomic E-state index is 13.0. The third kappa shape index (κ3) is 3.19. The Morgan fingerprint density at radius 1 is 1.26 bits per heavy atom. The van der Waals surface area contributed by atoms with E-state index in [0.717, 1.165) is 37.9 Å². The molecule has 9 heteroatoms. The second kappa shape index (κ2) is 6.68. The topological polar surface area (TPSA) is 30.7 Å². The van der Waals surface area contributed by atoms with Gasteiger partial charge in [0.15, 0.2) is 11.5 Å². The first kappa shape index (κ1) is 18.6. The predicted octanol–water partition coefficient (Wildman–Crippen LogP) is 6.63. The van der Waals surface area contributed by atoms with Crippen LogP contribution in [0.5, 0.6) is 0 Å². The lowest BCUT2D eigenvalue weighted by Gasteiger charge is -2.05. The summed E-state index contributed by atoms with van der Waals surface area (Å²) in [6, 6.07) is 6.74. The molecule has 0 radical (unpaired) electrons. The Labute approximate surface area is 166 Å². The maximum Gasteiger partial charge on any atom is 0.417 e. The summed E-state index contributed by atoms with van der Waals surface area (Å²) in [5.74, 6) is 1.45. The number of thiophene rings is 1. The van der Waals surface area contributed by atoms with E-state index >= 15 is 0 Å². The molecule has 0 spiro atoms. The van der Waals surface area contributed by atoms with Gasteiger partial charge in [0.25, 0.3) is 0 Å². The maximum atomic E-state index is 13.0. The molecule has 0 saturated heterocycles. The number of imidazole rings is 1. The standard InChI is InChI=1S/C18H13ClF3N3S2/c1-3-26-14-11-7-10(19)4-5-13(11)27-15(14)17-24-12-6-9(18(20,21)22)8-23-16(12)25(17)2/h4-8H,3H2,1-2H3. The highest BCUT2D eigenvalue weighted by Crippen LogP contribution is 2.45. The van der Waals surface area contributed by atoms with Crippen molar-refractivity contribution in [2.45, 2.75) is 18.0 Å². The van der Waals surface area contributed by atoms with E-state index in [2.05, 4.69) is 16.9 Å². The van der Waals surface area contributed by atoms with E-state index in [1.807, 2.05) is 18.2 Å². The Bertz CT molecular complexity index is 1160. The van der Waals surface area contributed by atoms with Gasteiger partial charge in [-0.1, -0.05) is 18.5 Å². The second-order valence-electron chi connectivity index (χ2n) is 5.89. The Balaban J connectivity index is 1.96. The van der Waals surface area contributed by atoms with E-state index in [0.29, 0.717) is 16.5 Å². The van der Waals surface area contributed by atoms with Crippen LogP contribution < -0.4 is 0 Å². The van der Waals surface area contributed by atoms with Crippen molar-refractivity contribution in [2.75, 3.05) is 5.75 Å². The number of hydrogen-bond donors (Lipinski definition) is 0. The van der Waals surface area contributed by atoms with E-state index in [-0.39, 0.29) is 5.52 Å². The van der Waals surface area contributed by atoms with E-state index in [1.165, 1.54) is 0 Å². The number of hydrogen-bond acceptors (Lipinski definition) is 4. The number of benzene rings is 1. The van der Waals surface area contributed by atoms with Crippen LogP contribution in [-0.2, 0) is 13.2 Å². The number of alkyl halides is 3. The van der Waals surface area contributed by atoms with Crippen molar-refractivity contribution in [1.82, 2.24) is 14.5 Å². The highest BCUT2D eigenvalue weighted by atomic mass is 35.5. The van der Waals surface area contributed by atoms with Crippen molar-refractivity contribution in [1.29, 1.82) is 0 Å². The molecular formula is C18H13ClF3N3S2. The van der Waals surface area contributed by atoms with Gasteiger partial charge in [-0.15, -0.1) is 23.1 Å². The van der Waals surface area contributed by atoms with E-state index in [4.69, 9.17) is 11.6 Å². The number of aryl methyl sites for hydroxylation is 1. The second-order valence-corrected chi connectivity index (χ2v) is 8.66. The zero-order valence-corrected chi connectivity index (χ0v) is 16.7. The van der Waals surface area contributed by atoms with Crippen LogP contribution >= 0.6 is 34.7 Å². The lowest BCUT2D eigenvalue weighted by atomic mass is 10.2. The molecule has 0 aliphatic rings. The number of aromatic nitrogens is 3. The zero-order chi connectivity index (χ0) is 19.3. The molecule has 1 aromatic carbocycles. The van der Waals surface area contributed by atoms with Gasteiger partial charge in [-0.3, -0.25) is 0 Å². The number of thioether (sulfide) groups is 1. The third-order valence-corrected chi connectivity index (χ3v) is 6.67. The largest absolute Gasteiger partial charge is 0.417 e. The van der Waals surface area contributed by atoms with Crippen LogP contribution in [-0.4, -0.2) is 20.3 Å². The molecule has 0 bridgehead atoms. The molecule has 4 aromatic rings. The van der Waals surface area contributed by atoms with Crippen molar-refractivity contribution < 1.29 is 13.2 Å². The summed E-state index contributed by atoms with van der Waals surface area (Å²) in [6.45, 7) is 2.05. The SMILES string of the molecule is CCSc1c(-c2nc3cc(C(F)(F)F)cnc3n2C)sc2ccc(Cl)cc12. The molecule has 0 saturated carbocycles. The first-order valence-electron chi connectivity index (χ1n) is 8.04. The lowest BCUT2D eigenvalue weighted by Crippen LogP contribution is -2.05. The van der Waals surface area contributed by atoms with Crippen LogP contribution in [0.25, 0.3) is 32.0 Å². The van der Waals surface area contributed by atoms with Crippen molar-refractivity contribution in [3.8, 4) is 10.7 Å². The molecule has 3 nitrogen and oxygen atoms in total. The minimum absolute atomic E-state index is 0.227.